The Labute approximate surface area is 104 Å². The minimum Gasteiger partial charge on any atom is -0.333 e. The Kier molecular flexibility index (Phi) is 2.72. The Morgan fingerprint density at radius 3 is 3.12 bits per heavy atom. The van der Waals surface area contributed by atoms with Gasteiger partial charge in [-0.1, -0.05) is 12.1 Å². The molecule has 90 valence electrons. The van der Waals surface area contributed by atoms with Gasteiger partial charge in [-0.15, -0.1) is 11.3 Å². The summed E-state index contributed by atoms with van der Waals surface area (Å²) in [5.74, 6) is 1.82. The molecule has 1 fully saturated rings. The minimum atomic E-state index is -0.0578. The summed E-state index contributed by atoms with van der Waals surface area (Å²) < 4.78 is 5.32. The molecule has 2 N–H and O–H groups in total. The smallest absolute Gasteiger partial charge is 0.268 e. The number of aromatic nitrogens is 2. The zero-order valence-corrected chi connectivity index (χ0v) is 10.5. The molecule has 2 aromatic rings. The van der Waals surface area contributed by atoms with E-state index in [9.17, 15) is 0 Å². The Balaban J connectivity index is 1.89. The molecule has 0 aliphatic heterocycles. The van der Waals surface area contributed by atoms with Gasteiger partial charge in [0.05, 0.1) is 10.9 Å². The molecule has 17 heavy (non-hydrogen) atoms. The monoisotopic (exact) mass is 249 g/mol. The Morgan fingerprint density at radius 1 is 1.59 bits per heavy atom. The van der Waals surface area contributed by atoms with Crippen molar-refractivity contribution in [2.24, 2.45) is 11.7 Å². The molecule has 2 heterocycles. The summed E-state index contributed by atoms with van der Waals surface area (Å²) in [6, 6.07) is 2.04. The van der Waals surface area contributed by atoms with Gasteiger partial charge in [0, 0.05) is 0 Å². The van der Waals surface area contributed by atoms with E-state index in [1.807, 2.05) is 0 Å². The van der Waals surface area contributed by atoms with Gasteiger partial charge in [-0.25, -0.2) is 0 Å². The van der Waals surface area contributed by atoms with Gasteiger partial charge in [-0.3, -0.25) is 0 Å². The standard InChI is InChI=1S/C12H15N3OS/c1-2-7-5-6-17-10(7)12-14-11(15-16-12)9(13)8-3-4-8/h5-6,8-9H,2-4,13H2,1H3. The summed E-state index contributed by atoms with van der Waals surface area (Å²) >= 11 is 1.64. The van der Waals surface area contributed by atoms with Crippen molar-refractivity contribution < 1.29 is 4.52 Å². The third-order valence-corrected chi connectivity index (χ3v) is 4.14. The van der Waals surface area contributed by atoms with Gasteiger partial charge < -0.3 is 10.3 Å². The summed E-state index contributed by atoms with van der Waals surface area (Å²) in [5.41, 5.74) is 7.31. The van der Waals surface area contributed by atoms with E-state index in [1.54, 1.807) is 11.3 Å². The second kappa shape index (κ2) is 4.23. The Morgan fingerprint density at radius 2 is 2.41 bits per heavy atom. The van der Waals surface area contributed by atoms with Gasteiger partial charge in [0.15, 0.2) is 5.82 Å². The number of rotatable bonds is 4. The summed E-state index contributed by atoms with van der Waals surface area (Å²) in [6.45, 7) is 2.12. The Bertz CT molecular complexity index is 515. The van der Waals surface area contributed by atoms with Gasteiger partial charge in [0.1, 0.15) is 0 Å². The molecule has 0 radical (unpaired) electrons. The SMILES string of the molecule is CCc1ccsc1-c1nc(C(N)C2CC2)no1. The summed E-state index contributed by atoms with van der Waals surface area (Å²) in [6.07, 6.45) is 3.35. The number of hydrogen-bond acceptors (Lipinski definition) is 5. The summed E-state index contributed by atoms with van der Waals surface area (Å²) in [5, 5.41) is 6.06. The average molecular weight is 249 g/mol. The van der Waals surface area contributed by atoms with Gasteiger partial charge in [0.2, 0.25) is 0 Å². The van der Waals surface area contributed by atoms with Gasteiger partial charge >= 0.3 is 0 Å². The molecule has 1 atom stereocenters. The number of nitrogens with two attached hydrogens (primary N) is 1. The molecule has 4 nitrogen and oxygen atoms in total. The quantitative estimate of drug-likeness (QED) is 0.904. The molecular weight excluding hydrogens is 234 g/mol. The van der Waals surface area contributed by atoms with Gasteiger partial charge in [0.25, 0.3) is 5.89 Å². The van der Waals surface area contributed by atoms with E-state index >= 15 is 0 Å². The third-order valence-electron chi connectivity index (χ3n) is 3.19. The number of hydrogen-bond donors (Lipinski definition) is 1. The van der Waals surface area contributed by atoms with Crippen LogP contribution in [0.1, 0.15) is 37.2 Å². The first kappa shape index (κ1) is 10.9. The predicted molar refractivity (Wildman–Crippen MR) is 66.6 cm³/mol. The maximum atomic E-state index is 6.06. The van der Waals surface area contributed by atoms with Crippen LogP contribution in [0.5, 0.6) is 0 Å². The lowest BCUT2D eigenvalue weighted by Crippen LogP contribution is -2.13. The van der Waals surface area contributed by atoms with Gasteiger partial charge in [-0.2, -0.15) is 4.98 Å². The van der Waals surface area contributed by atoms with Crippen molar-refractivity contribution in [1.29, 1.82) is 0 Å². The highest BCUT2D eigenvalue weighted by Gasteiger charge is 2.32. The first-order valence-electron chi connectivity index (χ1n) is 5.95. The first-order valence-corrected chi connectivity index (χ1v) is 6.83. The number of nitrogens with zero attached hydrogens (tertiary/aromatic N) is 2. The highest BCUT2D eigenvalue weighted by atomic mass is 32.1. The molecule has 0 bridgehead atoms. The molecule has 1 unspecified atom stereocenters. The molecule has 0 spiro atoms. The van der Waals surface area contributed by atoms with Crippen LogP contribution in [0.4, 0.5) is 0 Å². The fraction of sp³-hybridized carbons (Fsp3) is 0.500. The zero-order chi connectivity index (χ0) is 11.8. The van der Waals surface area contributed by atoms with E-state index in [0.717, 1.165) is 11.3 Å². The van der Waals surface area contributed by atoms with Crippen LogP contribution >= 0.6 is 11.3 Å². The highest BCUT2D eigenvalue weighted by molar-refractivity contribution is 7.13. The summed E-state index contributed by atoms with van der Waals surface area (Å²) in [7, 11) is 0. The Hall–Kier alpha value is -1.20. The molecule has 1 aliphatic carbocycles. The van der Waals surface area contributed by atoms with E-state index in [1.165, 1.54) is 18.4 Å². The van der Waals surface area contributed by atoms with E-state index in [2.05, 4.69) is 28.5 Å². The van der Waals surface area contributed by atoms with E-state index < -0.39 is 0 Å². The normalized spacial score (nSPS) is 17.3. The molecule has 1 saturated carbocycles. The number of aryl methyl sites for hydroxylation is 1. The fourth-order valence-corrected chi connectivity index (χ4v) is 2.85. The molecule has 0 amide bonds. The predicted octanol–water partition coefficient (Wildman–Crippen LogP) is 2.77. The maximum Gasteiger partial charge on any atom is 0.268 e. The van der Waals surface area contributed by atoms with Crippen LogP contribution in [0, 0.1) is 5.92 Å². The van der Waals surface area contributed by atoms with Crippen molar-refractivity contribution >= 4 is 11.3 Å². The molecule has 0 aromatic carbocycles. The molecular formula is C12H15N3OS. The minimum absolute atomic E-state index is 0.0578. The first-order chi connectivity index (χ1) is 8.29. The topological polar surface area (TPSA) is 64.9 Å². The van der Waals surface area contributed by atoms with Crippen LogP contribution in [0.25, 0.3) is 10.8 Å². The van der Waals surface area contributed by atoms with Crippen LogP contribution < -0.4 is 5.73 Å². The third kappa shape index (κ3) is 2.00. The highest BCUT2D eigenvalue weighted by Crippen LogP contribution is 2.39. The second-order valence-corrected chi connectivity index (χ2v) is 5.37. The molecule has 2 aromatic heterocycles. The van der Waals surface area contributed by atoms with E-state index in [4.69, 9.17) is 10.3 Å². The molecule has 1 aliphatic rings. The van der Waals surface area contributed by atoms with E-state index in [0.29, 0.717) is 17.6 Å². The number of thiophene rings is 1. The van der Waals surface area contributed by atoms with Crippen molar-refractivity contribution in [3.05, 3.63) is 22.8 Å². The molecule has 0 saturated heterocycles. The van der Waals surface area contributed by atoms with Crippen molar-refractivity contribution in [3.8, 4) is 10.8 Å². The lowest BCUT2D eigenvalue weighted by atomic mass is 10.2. The van der Waals surface area contributed by atoms with Crippen molar-refractivity contribution in [1.82, 2.24) is 10.1 Å². The average Bonchev–Trinajstić information content (AvgIpc) is 2.91. The van der Waals surface area contributed by atoms with Crippen molar-refractivity contribution in [2.75, 3.05) is 0 Å². The lowest BCUT2D eigenvalue weighted by molar-refractivity contribution is 0.412. The van der Waals surface area contributed by atoms with Crippen LogP contribution in [-0.4, -0.2) is 10.1 Å². The van der Waals surface area contributed by atoms with Gasteiger partial charge in [-0.05, 0) is 42.2 Å². The summed E-state index contributed by atoms with van der Waals surface area (Å²) in [4.78, 5) is 5.51. The van der Waals surface area contributed by atoms with Crippen LogP contribution in [-0.2, 0) is 6.42 Å². The van der Waals surface area contributed by atoms with Crippen LogP contribution in [0.2, 0.25) is 0 Å². The van der Waals surface area contributed by atoms with Crippen LogP contribution in [0.3, 0.4) is 0 Å². The zero-order valence-electron chi connectivity index (χ0n) is 9.72. The second-order valence-electron chi connectivity index (χ2n) is 4.45. The van der Waals surface area contributed by atoms with Crippen LogP contribution in [0.15, 0.2) is 16.0 Å². The van der Waals surface area contributed by atoms with E-state index in [-0.39, 0.29) is 6.04 Å². The largest absolute Gasteiger partial charge is 0.333 e. The van der Waals surface area contributed by atoms with Crippen molar-refractivity contribution in [3.63, 3.8) is 0 Å². The van der Waals surface area contributed by atoms with Crippen molar-refractivity contribution in [2.45, 2.75) is 32.2 Å². The maximum absolute atomic E-state index is 6.06. The fourth-order valence-electron chi connectivity index (χ4n) is 1.93. The molecule has 5 heteroatoms. The lowest BCUT2D eigenvalue weighted by Gasteiger charge is -2.01. The molecule has 3 rings (SSSR count).